The molecule has 2 aromatic heterocycles. The van der Waals surface area contributed by atoms with Crippen molar-refractivity contribution in [2.75, 3.05) is 24.8 Å². The molecule has 4 heterocycles. The average Bonchev–Trinajstić information content (AvgIpc) is 3.49. The Kier molecular flexibility index (Phi) is 4.36. The second-order valence-electron chi connectivity index (χ2n) is 6.78. The third kappa shape index (κ3) is 3.29. The summed E-state index contributed by atoms with van der Waals surface area (Å²) in [5.41, 5.74) is 2.02. The molecular weight excluding hydrogens is 378 g/mol. The number of aromatic amines is 1. The lowest BCUT2D eigenvalue weighted by Crippen LogP contribution is -2.44. The van der Waals surface area contributed by atoms with Crippen molar-refractivity contribution >= 4 is 22.4 Å². The molecule has 5 rings (SSSR count). The molecule has 0 aliphatic carbocycles. The summed E-state index contributed by atoms with van der Waals surface area (Å²) in [5.74, 6) is 1.28. The monoisotopic (exact) mass is 397 g/mol. The lowest BCUT2D eigenvalue weighted by Gasteiger charge is -2.32. The van der Waals surface area contributed by atoms with Crippen LogP contribution in [0, 0.1) is 0 Å². The van der Waals surface area contributed by atoms with Crippen LogP contribution in [0.25, 0.3) is 11.3 Å². The van der Waals surface area contributed by atoms with Gasteiger partial charge in [-0.2, -0.15) is 5.10 Å². The maximum Gasteiger partial charge on any atom is 0.269 e. The first-order valence-electron chi connectivity index (χ1n) is 9.17. The Bertz CT molecular complexity index is 979. The molecule has 1 fully saturated rings. The number of benzene rings is 1. The van der Waals surface area contributed by atoms with Crippen LogP contribution in [0.5, 0.6) is 11.5 Å². The summed E-state index contributed by atoms with van der Waals surface area (Å²) >= 11 is 1.65. The highest BCUT2D eigenvalue weighted by atomic mass is 32.1. The van der Waals surface area contributed by atoms with Gasteiger partial charge in [-0.05, 0) is 37.1 Å². The van der Waals surface area contributed by atoms with Gasteiger partial charge in [-0.15, -0.1) is 11.3 Å². The van der Waals surface area contributed by atoms with Crippen molar-refractivity contribution in [3.63, 3.8) is 0 Å². The largest absolute Gasteiger partial charge is 0.454 e. The lowest BCUT2D eigenvalue weighted by atomic mass is 10.1. The second-order valence-corrected chi connectivity index (χ2v) is 7.66. The third-order valence-corrected chi connectivity index (χ3v) is 5.84. The molecule has 1 saturated heterocycles. The minimum atomic E-state index is -0.132. The first-order valence-corrected chi connectivity index (χ1v) is 10.0. The van der Waals surface area contributed by atoms with Crippen molar-refractivity contribution in [3.05, 3.63) is 41.5 Å². The Labute approximate surface area is 165 Å². The van der Waals surface area contributed by atoms with Gasteiger partial charge in [-0.3, -0.25) is 9.89 Å². The van der Waals surface area contributed by atoms with Crippen LogP contribution in [0.3, 0.4) is 0 Å². The third-order valence-electron chi connectivity index (χ3n) is 5.01. The average molecular weight is 397 g/mol. The molecule has 2 aliphatic heterocycles. The zero-order valence-corrected chi connectivity index (χ0v) is 15.9. The van der Waals surface area contributed by atoms with Crippen LogP contribution < -0.4 is 19.7 Å². The van der Waals surface area contributed by atoms with E-state index in [9.17, 15) is 4.79 Å². The number of aromatic nitrogens is 3. The van der Waals surface area contributed by atoms with E-state index < -0.39 is 0 Å². The van der Waals surface area contributed by atoms with Gasteiger partial charge in [0.25, 0.3) is 5.91 Å². The fraction of sp³-hybridized carbons (Fsp3) is 0.316. The lowest BCUT2D eigenvalue weighted by molar-refractivity contribution is 0.0926. The van der Waals surface area contributed by atoms with E-state index in [0.29, 0.717) is 17.1 Å². The molecule has 0 radical (unpaired) electrons. The van der Waals surface area contributed by atoms with Gasteiger partial charge in [-0.25, -0.2) is 4.98 Å². The molecule has 144 valence electrons. The first-order chi connectivity index (χ1) is 13.8. The van der Waals surface area contributed by atoms with Crippen molar-refractivity contribution in [1.82, 2.24) is 20.5 Å². The minimum Gasteiger partial charge on any atom is -0.454 e. The number of amides is 1. The molecule has 2 aliphatic rings. The van der Waals surface area contributed by atoms with Crippen LogP contribution in [0.15, 0.2) is 35.8 Å². The fourth-order valence-corrected chi connectivity index (χ4v) is 4.19. The van der Waals surface area contributed by atoms with E-state index in [1.165, 1.54) is 0 Å². The van der Waals surface area contributed by atoms with Gasteiger partial charge >= 0.3 is 0 Å². The molecular formula is C19H19N5O3S. The zero-order chi connectivity index (χ0) is 18.9. The van der Waals surface area contributed by atoms with Crippen molar-refractivity contribution in [2.45, 2.75) is 18.9 Å². The topological polar surface area (TPSA) is 92.4 Å². The molecule has 1 amide bonds. The summed E-state index contributed by atoms with van der Waals surface area (Å²) in [5, 5.41) is 13.3. The van der Waals surface area contributed by atoms with Crippen LogP contribution in [0.1, 0.15) is 23.3 Å². The van der Waals surface area contributed by atoms with Crippen molar-refractivity contribution in [1.29, 1.82) is 0 Å². The number of rotatable bonds is 4. The van der Waals surface area contributed by atoms with E-state index in [2.05, 4.69) is 25.4 Å². The fourth-order valence-electron chi connectivity index (χ4n) is 3.49. The number of thiazole rings is 1. The van der Waals surface area contributed by atoms with E-state index in [0.717, 1.165) is 42.4 Å². The van der Waals surface area contributed by atoms with Gasteiger partial charge in [0, 0.05) is 36.3 Å². The van der Waals surface area contributed by atoms with Crippen molar-refractivity contribution < 1.29 is 14.3 Å². The maximum absolute atomic E-state index is 12.6. The summed E-state index contributed by atoms with van der Waals surface area (Å²) in [6.07, 6.45) is 3.62. The molecule has 1 aromatic carbocycles. The highest BCUT2D eigenvalue weighted by Crippen LogP contribution is 2.35. The number of fused-ring (bicyclic) bond motifs is 1. The quantitative estimate of drug-likeness (QED) is 0.703. The Morgan fingerprint density at radius 1 is 1.21 bits per heavy atom. The van der Waals surface area contributed by atoms with Crippen LogP contribution in [-0.4, -0.2) is 47.0 Å². The van der Waals surface area contributed by atoms with E-state index >= 15 is 0 Å². The van der Waals surface area contributed by atoms with Gasteiger partial charge in [0.15, 0.2) is 16.6 Å². The SMILES string of the molecule is O=C(NC1CCN(c2nccs2)CC1)c1cc(-c2ccc3c(c2)OCO3)n[nH]1. The Morgan fingerprint density at radius 2 is 2.07 bits per heavy atom. The van der Waals surface area contributed by atoms with Gasteiger partial charge in [0.2, 0.25) is 6.79 Å². The number of carbonyl (C=O) groups is 1. The van der Waals surface area contributed by atoms with Crippen LogP contribution >= 0.6 is 11.3 Å². The molecule has 3 aromatic rings. The zero-order valence-electron chi connectivity index (χ0n) is 15.1. The molecule has 0 saturated carbocycles. The van der Waals surface area contributed by atoms with Crippen LogP contribution in [0.2, 0.25) is 0 Å². The normalized spacial score (nSPS) is 16.4. The highest BCUT2D eigenvalue weighted by molar-refractivity contribution is 7.13. The molecule has 28 heavy (non-hydrogen) atoms. The molecule has 0 bridgehead atoms. The van der Waals surface area contributed by atoms with Gasteiger partial charge in [0.05, 0.1) is 5.69 Å². The van der Waals surface area contributed by atoms with Crippen LogP contribution in [0.4, 0.5) is 5.13 Å². The first kappa shape index (κ1) is 17.1. The molecule has 9 heteroatoms. The number of nitrogens with zero attached hydrogens (tertiary/aromatic N) is 3. The summed E-state index contributed by atoms with van der Waals surface area (Å²) < 4.78 is 10.7. The molecule has 8 nitrogen and oxygen atoms in total. The predicted octanol–water partition coefficient (Wildman–Crippen LogP) is 2.66. The molecule has 2 N–H and O–H groups in total. The smallest absolute Gasteiger partial charge is 0.269 e. The van der Waals surface area contributed by atoms with Gasteiger partial charge in [0.1, 0.15) is 5.69 Å². The highest BCUT2D eigenvalue weighted by Gasteiger charge is 2.23. The number of hydrogen-bond donors (Lipinski definition) is 2. The summed E-state index contributed by atoms with van der Waals surface area (Å²) in [6.45, 7) is 2.02. The van der Waals surface area contributed by atoms with E-state index in [-0.39, 0.29) is 18.7 Å². The van der Waals surface area contributed by atoms with Crippen molar-refractivity contribution in [3.8, 4) is 22.8 Å². The van der Waals surface area contributed by atoms with Gasteiger partial charge < -0.3 is 19.7 Å². The molecule has 0 spiro atoms. The number of hydrogen-bond acceptors (Lipinski definition) is 7. The second kappa shape index (κ2) is 7.16. The van der Waals surface area contributed by atoms with E-state index in [4.69, 9.17) is 9.47 Å². The summed E-state index contributed by atoms with van der Waals surface area (Å²) in [4.78, 5) is 19.2. The Balaban J connectivity index is 1.21. The predicted molar refractivity (Wildman–Crippen MR) is 105 cm³/mol. The van der Waals surface area contributed by atoms with Crippen molar-refractivity contribution in [2.24, 2.45) is 0 Å². The standard InChI is InChI=1S/C19H19N5O3S/c25-18(21-13-3-6-24(7-4-13)19-20-5-8-28-19)15-10-14(22-23-15)12-1-2-16-17(9-12)27-11-26-16/h1-2,5,8-10,13H,3-4,6-7,11H2,(H,21,25)(H,22,23). The number of carbonyl (C=O) groups excluding carboxylic acids is 1. The number of anilines is 1. The van der Waals surface area contributed by atoms with Gasteiger partial charge in [-0.1, -0.05) is 0 Å². The van der Waals surface area contributed by atoms with Crippen LogP contribution in [-0.2, 0) is 0 Å². The van der Waals surface area contributed by atoms with E-state index in [1.54, 1.807) is 17.4 Å². The minimum absolute atomic E-state index is 0.132. The molecule has 0 unspecified atom stereocenters. The number of nitrogens with one attached hydrogen (secondary N) is 2. The van der Waals surface area contributed by atoms with E-state index in [1.807, 2.05) is 29.8 Å². The number of piperidine rings is 1. The molecule has 0 atom stereocenters. The Hall–Kier alpha value is -3.07. The Morgan fingerprint density at radius 3 is 2.89 bits per heavy atom. The maximum atomic E-state index is 12.6. The number of ether oxygens (including phenoxy) is 2. The summed E-state index contributed by atoms with van der Waals surface area (Å²) in [6, 6.07) is 7.54. The number of H-pyrrole nitrogens is 1. The summed E-state index contributed by atoms with van der Waals surface area (Å²) in [7, 11) is 0.